The Morgan fingerprint density at radius 3 is 2.38 bits per heavy atom. The second kappa shape index (κ2) is 8.23. The van der Waals surface area contributed by atoms with Gasteiger partial charge in [0.2, 0.25) is 5.91 Å². The van der Waals surface area contributed by atoms with Gasteiger partial charge in [-0.3, -0.25) is 4.79 Å². The molecule has 1 N–H and O–H groups in total. The first kappa shape index (κ1) is 18.3. The zero-order valence-corrected chi connectivity index (χ0v) is 15.3. The van der Waals surface area contributed by atoms with Gasteiger partial charge in [-0.15, -0.1) is 0 Å². The van der Waals surface area contributed by atoms with Gasteiger partial charge in [0.1, 0.15) is 0 Å². The van der Waals surface area contributed by atoms with Crippen LogP contribution in [0.25, 0.3) is 11.1 Å². The molecule has 0 radical (unpaired) electrons. The van der Waals surface area contributed by atoms with Crippen molar-refractivity contribution in [2.24, 2.45) is 5.92 Å². The Morgan fingerprint density at radius 1 is 1.08 bits per heavy atom. The molecule has 26 heavy (non-hydrogen) atoms. The third kappa shape index (κ3) is 4.35. The van der Waals surface area contributed by atoms with Crippen molar-refractivity contribution in [1.82, 2.24) is 4.90 Å². The predicted octanol–water partition coefficient (Wildman–Crippen LogP) is 4.42. The molecule has 0 saturated carbocycles. The molecule has 2 amide bonds. The largest absolute Gasteiger partial charge is 0.453 e. The van der Waals surface area contributed by atoms with E-state index in [2.05, 4.69) is 5.32 Å². The van der Waals surface area contributed by atoms with Gasteiger partial charge in [-0.1, -0.05) is 35.9 Å². The van der Waals surface area contributed by atoms with Crippen LogP contribution in [-0.2, 0) is 9.53 Å². The van der Waals surface area contributed by atoms with Crippen LogP contribution >= 0.6 is 11.6 Å². The van der Waals surface area contributed by atoms with Crippen LogP contribution in [0.15, 0.2) is 48.5 Å². The summed E-state index contributed by atoms with van der Waals surface area (Å²) < 4.78 is 4.72. The second-order valence-electron chi connectivity index (χ2n) is 6.31. The molecule has 0 spiro atoms. The number of anilines is 1. The summed E-state index contributed by atoms with van der Waals surface area (Å²) >= 11 is 6.06. The van der Waals surface area contributed by atoms with Gasteiger partial charge in [0.15, 0.2) is 0 Å². The van der Waals surface area contributed by atoms with Crippen LogP contribution in [0.4, 0.5) is 10.5 Å². The topological polar surface area (TPSA) is 58.6 Å². The normalized spacial score (nSPS) is 14.8. The van der Waals surface area contributed by atoms with Gasteiger partial charge in [-0.2, -0.15) is 0 Å². The van der Waals surface area contributed by atoms with E-state index in [-0.39, 0.29) is 17.9 Å². The average Bonchev–Trinajstić information content (AvgIpc) is 2.67. The van der Waals surface area contributed by atoms with Crippen molar-refractivity contribution in [3.63, 3.8) is 0 Å². The van der Waals surface area contributed by atoms with E-state index >= 15 is 0 Å². The van der Waals surface area contributed by atoms with Crippen molar-refractivity contribution in [2.45, 2.75) is 12.8 Å². The Labute approximate surface area is 157 Å². The van der Waals surface area contributed by atoms with Gasteiger partial charge < -0.3 is 15.0 Å². The Kier molecular flexibility index (Phi) is 5.78. The standard InChI is InChI=1S/C20H21ClN2O3/c1-26-20(25)23-10-8-14(9-11-23)19(24)22-18-7-3-5-16(13-18)15-4-2-6-17(21)12-15/h2-7,12-14H,8-11H2,1H3,(H,22,24). The fourth-order valence-electron chi connectivity index (χ4n) is 3.14. The average molecular weight is 373 g/mol. The van der Waals surface area contributed by atoms with Crippen molar-refractivity contribution in [3.8, 4) is 11.1 Å². The number of nitrogens with one attached hydrogen (secondary N) is 1. The molecule has 0 bridgehead atoms. The number of piperidine rings is 1. The van der Waals surface area contributed by atoms with E-state index < -0.39 is 0 Å². The molecular formula is C20H21ClN2O3. The third-order valence-electron chi connectivity index (χ3n) is 4.59. The van der Waals surface area contributed by atoms with E-state index in [1.54, 1.807) is 4.90 Å². The number of hydrogen-bond acceptors (Lipinski definition) is 3. The van der Waals surface area contributed by atoms with Gasteiger partial charge in [0, 0.05) is 29.7 Å². The molecule has 2 aromatic rings. The summed E-state index contributed by atoms with van der Waals surface area (Å²) in [5.41, 5.74) is 2.74. The van der Waals surface area contributed by atoms with E-state index in [1.807, 2.05) is 48.5 Å². The second-order valence-corrected chi connectivity index (χ2v) is 6.75. The molecule has 6 heteroatoms. The number of hydrogen-bond donors (Lipinski definition) is 1. The smallest absolute Gasteiger partial charge is 0.409 e. The highest BCUT2D eigenvalue weighted by atomic mass is 35.5. The number of methoxy groups -OCH3 is 1. The zero-order chi connectivity index (χ0) is 18.5. The molecule has 1 aliphatic heterocycles. The first-order valence-electron chi connectivity index (χ1n) is 8.56. The van der Waals surface area contributed by atoms with Gasteiger partial charge in [-0.25, -0.2) is 4.79 Å². The number of carbonyl (C=O) groups excluding carboxylic acids is 2. The van der Waals surface area contributed by atoms with Crippen LogP contribution < -0.4 is 5.32 Å². The van der Waals surface area contributed by atoms with E-state index in [1.165, 1.54) is 7.11 Å². The molecule has 136 valence electrons. The van der Waals surface area contributed by atoms with Crippen molar-refractivity contribution >= 4 is 29.3 Å². The van der Waals surface area contributed by atoms with Gasteiger partial charge in [0.05, 0.1) is 7.11 Å². The highest BCUT2D eigenvalue weighted by Gasteiger charge is 2.27. The number of ether oxygens (including phenoxy) is 1. The van der Waals surface area contributed by atoms with Crippen molar-refractivity contribution in [2.75, 3.05) is 25.5 Å². The highest BCUT2D eigenvalue weighted by Crippen LogP contribution is 2.26. The van der Waals surface area contributed by atoms with E-state index in [9.17, 15) is 9.59 Å². The Balaban J connectivity index is 1.63. The molecule has 0 aromatic heterocycles. The molecule has 0 aliphatic carbocycles. The van der Waals surface area contributed by atoms with Crippen molar-refractivity contribution in [3.05, 3.63) is 53.6 Å². The maximum Gasteiger partial charge on any atom is 0.409 e. The molecule has 0 atom stereocenters. The zero-order valence-electron chi connectivity index (χ0n) is 14.6. The number of amides is 2. The summed E-state index contributed by atoms with van der Waals surface area (Å²) in [7, 11) is 1.37. The van der Waals surface area contributed by atoms with E-state index in [0.29, 0.717) is 31.0 Å². The first-order chi connectivity index (χ1) is 12.6. The fourth-order valence-corrected chi connectivity index (χ4v) is 3.33. The monoisotopic (exact) mass is 372 g/mol. The van der Waals surface area contributed by atoms with Crippen molar-refractivity contribution in [1.29, 1.82) is 0 Å². The summed E-state index contributed by atoms with van der Waals surface area (Å²) in [5.74, 6) is -0.122. The lowest BCUT2D eigenvalue weighted by molar-refractivity contribution is -0.121. The lowest BCUT2D eigenvalue weighted by Crippen LogP contribution is -2.41. The summed E-state index contributed by atoms with van der Waals surface area (Å²) in [5, 5.41) is 3.66. The molecule has 5 nitrogen and oxygen atoms in total. The van der Waals surface area contributed by atoms with Crippen LogP contribution in [0, 0.1) is 5.92 Å². The van der Waals surface area contributed by atoms with E-state index in [4.69, 9.17) is 16.3 Å². The number of halogens is 1. The maximum absolute atomic E-state index is 12.5. The minimum atomic E-state index is -0.335. The molecule has 1 fully saturated rings. The Bertz CT molecular complexity index is 801. The highest BCUT2D eigenvalue weighted by molar-refractivity contribution is 6.30. The minimum Gasteiger partial charge on any atom is -0.453 e. The molecule has 2 aromatic carbocycles. The lowest BCUT2D eigenvalue weighted by Gasteiger charge is -2.30. The molecule has 1 heterocycles. The van der Waals surface area contributed by atoms with Crippen LogP contribution in [0.5, 0.6) is 0 Å². The summed E-state index contributed by atoms with van der Waals surface area (Å²) in [6.45, 7) is 1.07. The van der Waals surface area contributed by atoms with Crippen LogP contribution in [-0.4, -0.2) is 37.1 Å². The van der Waals surface area contributed by atoms with Gasteiger partial charge >= 0.3 is 6.09 Å². The van der Waals surface area contributed by atoms with Crippen LogP contribution in [0.2, 0.25) is 5.02 Å². The molecule has 3 rings (SSSR count). The lowest BCUT2D eigenvalue weighted by atomic mass is 9.96. The van der Waals surface area contributed by atoms with Gasteiger partial charge in [0.25, 0.3) is 0 Å². The number of benzene rings is 2. The molecule has 1 aliphatic rings. The Morgan fingerprint density at radius 2 is 1.73 bits per heavy atom. The number of likely N-dealkylation sites (tertiary alicyclic amines) is 1. The SMILES string of the molecule is COC(=O)N1CCC(C(=O)Nc2cccc(-c3cccc(Cl)c3)c2)CC1. The third-order valence-corrected chi connectivity index (χ3v) is 4.82. The number of nitrogens with zero attached hydrogens (tertiary/aromatic N) is 1. The predicted molar refractivity (Wildman–Crippen MR) is 102 cm³/mol. The summed E-state index contributed by atoms with van der Waals surface area (Å²) in [6, 6.07) is 15.3. The van der Waals surface area contributed by atoms with Crippen LogP contribution in [0.1, 0.15) is 12.8 Å². The quantitative estimate of drug-likeness (QED) is 0.867. The van der Waals surface area contributed by atoms with Crippen LogP contribution in [0.3, 0.4) is 0 Å². The van der Waals surface area contributed by atoms with Crippen molar-refractivity contribution < 1.29 is 14.3 Å². The molecule has 1 saturated heterocycles. The fraction of sp³-hybridized carbons (Fsp3) is 0.300. The van der Waals surface area contributed by atoms with Gasteiger partial charge in [-0.05, 0) is 48.2 Å². The minimum absolute atomic E-state index is 0.0160. The number of carbonyl (C=O) groups is 2. The first-order valence-corrected chi connectivity index (χ1v) is 8.94. The summed E-state index contributed by atoms with van der Waals surface area (Å²) in [6.07, 6.45) is 0.933. The summed E-state index contributed by atoms with van der Waals surface area (Å²) in [4.78, 5) is 25.7. The number of rotatable bonds is 3. The van der Waals surface area contributed by atoms with E-state index in [0.717, 1.165) is 16.8 Å². The molecular weight excluding hydrogens is 352 g/mol. The Hall–Kier alpha value is -2.53. The maximum atomic E-state index is 12.5. The molecule has 0 unspecified atom stereocenters.